The van der Waals surface area contributed by atoms with Crippen LogP contribution in [0.15, 0.2) is 48.5 Å². The third-order valence-corrected chi connectivity index (χ3v) is 3.01. The quantitative estimate of drug-likeness (QED) is 0.909. The second kappa shape index (κ2) is 6.10. The number of rotatable bonds is 5. The summed E-state index contributed by atoms with van der Waals surface area (Å²) in [6.07, 6.45) is -0.121. The maximum absolute atomic E-state index is 11.0. The lowest BCUT2D eigenvalue weighted by Crippen LogP contribution is -2.10. The lowest BCUT2D eigenvalue weighted by atomic mass is 10.1. The molecule has 0 aliphatic rings. The molecule has 2 aromatic rings. The molecular formula is C16H17NO3. The van der Waals surface area contributed by atoms with Crippen molar-refractivity contribution in [1.82, 2.24) is 0 Å². The molecule has 4 heteroatoms. The van der Waals surface area contributed by atoms with Crippen molar-refractivity contribution >= 4 is 5.91 Å². The van der Waals surface area contributed by atoms with Crippen LogP contribution >= 0.6 is 0 Å². The predicted molar refractivity (Wildman–Crippen MR) is 77.0 cm³/mol. The molecule has 0 saturated heterocycles. The summed E-state index contributed by atoms with van der Waals surface area (Å²) in [6, 6.07) is 14.5. The Bertz CT molecular complexity index is 593. The number of carbonyl (C=O) groups excluding carboxylic acids is 1. The third-order valence-electron chi connectivity index (χ3n) is 3.01. The molecule has 2 N–H and O–H groups in total. The lowest BCUT2D eigenvalue weighted by Gasteiger charge is -2.16. The van der Waals surface area contributed by atoms with Gasteiger partial charge < -0.3 is 15.2 Å². The van der Waals surface area contributed by atoms with Crippen LogP contribution < -0.4 is 15.2 Å². The summed E-state index contributed by atoms with van der Waals surface area (Å²) in [4.78, 5) is 11.0. The van der Waals surface area contributed by atoms with E-state index >= 15 is 0 Å². The minimum absolute atomic E-state index is 0.121. The van der Waals surface area contributed by atoms with Gasteiger partial charge in [0.25, 0.3) is 0 Å². The molecule has 0 spiro atoms. The van der Waals surface area contributed by atoms with Gasteiger partial charge in [-0.25, -0.2) is 0 Å². The molecule has 0 saturated carbocycles. The number of benzene rings is 2. The van der Waals surface area contributed by atoms with Crippen molar-refractivity contribution in [2.24, 2.45) is 5.73 Å². The fourth-order valence-electron chi connectivity index (χ4n) is 1.86. The largest absolute Gasteiger partial charge is 0.497 e. The van der Waals surface area contributed by atoms with Crippen LogP contribution in [0, 0.1) is 0 Å². The maximum atomic E-state index is 11.0. The Morgan fingerprint density at radius 1 is 1.10 bits per heavy atom. The van der Waals surface area contributed by atoms with E-state index in [4.69, 9.17) is 15.2 Å². The average Bonchev–Trinajstić information content (AvgIpc) is 2.47. The number of hydrogen-bond acceptors (Lipinski definition) is 3. The van der Waals surface area contributed by atoms with Gasteiger partial charge in [-0.3, -0.25) is 4.79 Å². The first-order chi connectivity index (χ1) is 9.60. The van der Waals surface area contributed by atoms with E-state index in [0.29, 0.717) is 11.3 Å². The highest BCUT2D eigenvalue weighted by Crippen LogP contribution is 2.24. The fourth-order valence-corrected chi connectivity index (χ4v) is 1.86. The van der Waals surface area contributed by atoms with Crippen molar-refractivity contribution < 1.29 is 14.3 Å². The summed E-state index contributed by atoms with van der Waals surface area (Å²) >= 11 is 0. The third kappa shape index (κ3) is 3.29. The van der Waals surface area contributed by atoms with Crippen molar-refractivity contribution in [3.63, 3.8) is 0 Å². The average molecular weight is 271 g/mol. The van der Waals surface area contributed by atoms with Gasteiger partial charge in [0, 0.05) is 5.56 Å². The van der Waals surface area contributed by atoms with E-state index in [9.17, 15) is 4.79 Å². The molecule has 0 bridgehead atoms. The standard InChI is InChI=1S/C16H17NO3/c1-11(13-4-3-5-15(10-13)19-2)20-14-8-6-12(7-9-14)16(17)18/h3-11H,1-2H3,(H2,17,18)/t11-/m1/s1. The zero-order valence-corrected chi connectivity index (χ0v) is 11.5. The first kappa shape index (κ1) is 13.9. The summed E-state index contributed by atoms with van der Waals surface area (Å²) in [5, 5.41) is 0. The number of primary amides is 1. The van der Waals surface area contributed by atoms with E-state index in [2.05, 4.69) is 0 Å². The van der Waals surface area contributed by atoms with E-state index in [-0.39, 0.29) is 6.10 Å². The van der Waals surface area contributed by atoms with E-state index in [1.807, 2.05) is 31.2 Å². The molecule has 0 aliphatic heterocycles. The first-order valence-corrected chi connectivity index (χ1v) is 6.30. The van der Waals surface area contributed by atoms with E-state index < -0.39 is 5.91 Å². The van der Waals surface area contributed by atoms with E-state index in [1.165, 1.54) is 0 Å². The molecule has 104 valence electrons. The van der Waals surface area contributed by atoms with E-state index in [1.54, 1.807) is 31.4 Å². The molecule has 2 rings (SSSR count). The minimum Gasteiger partial charge on any atom is -0.497 e. The highest BCUT2D eigenvalue weighted by atomic mass is 16.5. The number of methoxy groups -OCH3 is 1. The van der Waals surface area contributed by atoms with Crippen LogP contribution in [0.3, 0.4) is 0 Å². The topological polar surface area (TPSA) is 61.6 Å². The highest BCUT2D eigenvalue weighted by molar-refractivity contribution is 5.92. The molecule has 0 unspecified atom stereocenters. The van der Waals surface area contributed by atoms with Crippen LogP contribution in [0.4, 0.5) is 0 Å². The van der Waals surface area contributed by atoms with Crippen LogP contribution in [-0.2, 0) is 0 Å². The molecule has 0 aliphatic carbocycles. The summed E-state index contributed by atoms with van der Waals surface area (Å²) in [6.45, 7) is 1.96. The Hall–Kier alpha value is -2.49. The second-order valence-electron chi connectivity index (χ2n) is 4.43. The fraction of sp³-hybridized carbons (Fsp3) is 0.188. The molecule has 4 nitrogen and oxygen atoms in total. The van der Waals surface area contributed by atoms with Gasteiger partial charge in [-0.05, 0) is 48.9 Å². The van der Waals surface area contributed by atoms with E-state index in [0.717, 1.165) is 11.3 Å². The SMILES string of the molecule is COc1cccc([C@@H](C)Oc2ccc(C(N)=O)cc2)c1. The Balaban J connectivity index is 2.10. The van der Waals surface area contributed by atoms with Crippen LogP contribution in [0.5, 0.6) is 11.5 Å². The van der Waals surface area contributed by atoms with Gasteiger partial charge in [-0.15, -0.1) is 0 Å². The first-order valence-electron chi connectivity index (χ1n) is 6.30. The number of ether oxygens (including phenoxy) is 2. The minimum atomic E-state index is -0.447. The summed E-state index contributed by atoms with van der Waals surface area (Å²) in [5.41, 5.74) is 6.68. The van der Waals surface area contributed by atoms with Crippen molar-refractivity contribution in [3.8, 4) is 11.5 Å². The number of carbonyl (C=O) groups is 1. The van der Waals surface area contributed by atoms with Gasteiger partial charge in [0.05, 0.1) is 7.11 Å². The molecule has 2 aromatic carbocycles. The van der Waals surface area contributed by atoms with Gasteiger partial charge in [0.15, 0.2) is 0 Å². The molecule has 0 aromatic heterocycles. The van der Waals surface area contributed by atoms with Crippen LogP contribution in [-0.4, -0.2) is 13.0 Å². The Labute approximate surface area is 118 Å². The molecule has 1 atom stereocenters. The van der Waals surface area contributed by atoms with Gasteiger partial charge in [-0.1, -0.05) is 12.1 Å². The predicted octanol–water partition coefficient (Wildman–Crippen LogP) is 2.93. The smallest absolute Gasteiger partial charge is 0.248 e. The van der Waals surface area contributed by atoms with Gasteiger partial charge >= 0.3 is 0 Å². The summed E-state index contributed by atoms with van der Waals surface area (Å²) < 4.78 is 11.0. The summed E-state index contributed by atoms with van der Waals surface area (Å²) in [7, 11) is 1.63. The number of hydrogen-bond donors (Lipinski definition) is 1. The zero-order chi connectivity index (χ0) is 14.5. The van der Waals surface area contributed by atoms with Crippen LogP contribution in [0.1, 0.15) is 28.9 Å². The maximum Gasteiger partial charge on any atom is 0.248 e. The van der Waals surface area contributed by atoms with Gasteiger partial charge in [0.1, 0.15) is 17.6 Å². The highest BCUT2D eigenvalue weighted by Gasteiger charge is 2.09. The Morgan fingerprint density at radius 2 is 1.80 bits per heavy atom. The van der Waals surface area contributed by atoms with Crippen LogP contribution in [0.25, 0.3) is 0 Å². The Morgan fingerprint density at radius 3 is 2.40 bits per heavy atom. The van der Waals surface area contributed by atoms with Crippen LogP contribution in [0.2, 0.25) is 0 Å². The molecule has 1 amide bonds. The molecule has 0 heterocycles. The molecule has 0 fully saturated rings. The monoisotopic (exact) mass is 271 g/mol. The second-order valence-corrected chi connectivity index (χ2v) is 4.43. The van der Waals surface area contributed by atoms with Crippen molar-refractivity contribution in [2.45, 2.75) is 13.0 Å². The number of nitrogens with two attached hydrogens (primary N) is 1. The zero-order valence-electron chi connectivity index (χ0n) is 11.5. The van der Waals surface area contributed by atoms with Gasteiger partial charge in [0.2, 0.25) is 5.91 Å². The summed E-state index contributed by atoms with van der Waals surface area (Å²) in [5.74, 6) is 1.03. The van der Waals surface area contributed by atoms with Gasteiger partial charge in [-0.2, -0.15) is 0 Å². The normalized spacial score (nSPS) is 11.7. The van der Waals surface area contributed by atoms with Crippen molar-refractivity contribution in [3.05, 3.63) is 59.7 Å². The van der Waals surface area contributed by atoms with Crippen molar-refractivity contribution in [1.29, 1.82) is 0 Å². The molecular weight excluding hydrogens is 254 g/mol. The lowest BCUT2D eigenvalue weighted by molar-refractivity contribution is 0.1000. The molecule has 0 radical (unpaired) electrons. The Kier molecular flexibility index (Phi) is 4.25. The van der Waals surface area contributed by atoms with Crippen molar-refractivity contribution in [2.75, 3.05) is 7.11 Å². The number of amides is 1. The molecule has 20 heavy (non-hydrogen) atoms.